The molecule has 1 aromatic carbocycles. The molecular formula is C9H12BrNO2S. The Morgan fingerprint density at radius 1 is 1.21 bits per heavy atom. The Kier molecular flexibility index (Phi) is 3.21. The van der Waals surface area contributed by atoms with Gasteiger partial charge in [0, 0.05) is 4.47 Å². The summed E-state index contributed by atoms with van der Waals surface area (Å²) in [5.74, 6) is 0. The smallest absolute Gasteiger partial charge is 0.229 e. The Balaban J connectivity index is 3.19. The van der Waals surface area contributed by atoms with Crippen LogP contribution in [0.5, 0.6) is 0 Å². The summed E-state index contributed by atoms with van der Waals surface area (Å²) in [6, 6.07) is 3.57. The molecule has 0 aliphatic rings. The number of benzene rings is 1. The van der Waals surface area contributed by atoms with Gasteiger partial charge in [-0.25, -0.2) is 8.42 Å². The van der Waals surface area contributed by atoms with Crippen molar-refractivity contribution >= 4 is 31.6 Å². The molecule has 0 heterocycles. The highest BCUT2D eigenvalue weighted by molar-refractivity contribution is 9.10. The lowest BCUT2D eigenvalue weighted by Gasteiger charge is -2.10. The highest BCUT2D eigenvalue weighted by Gasteiger charge is 2.07. The van der Waals surface area contributed by atoms with Crippen LogP contribution in [0.1, 0.15) is 11.1 Å². The summed E-state index contributed by atoms with van der Waals surface area (Å²) in [5, 5.41) is 0. The molecule has 0 unspecified atom stereocenters. The summed E-state index contributed by atoms with van der Waals surface area (Å²) in [5.41, 5.74) is 2.61. The lowest BCUT2D eigenvalue weighted by molar-refractivity contribution is 0.607. The SMILES string of the molecule is Cc1c(Br)ccc(NS(C)(=O)=O)c1C. The number of anilines is 1. The molecule has 14 heavy (non-hydrogen) atoms. The zero-order chi connectivity index (χ0) is 10.9. The van der Waals surface area contributed by atoms with Crippen LogP contribution < -0.4 is 4.72 Å². The maximum absolute atomic E-state index is 11.0. The summed E-state index contributed by atoms with van der Waals surface area (Å²) < 4.78 is 25.5. The van der Waals surface area contributed by atoms with Crippen LogP contribution in [0.25, 0.3) is 0 Å². The van der Waals surface area contributed by atoms with Crippen LogP contribution in [0.4, 0.5) is 5.69 Å². The summed E-state index contributed by atoms with van der Waals surface area (Å²) in [6.45, 7) is 3.82. The van der Waals surface area contributed by atoms with Crippen molar-refractivity contribution in [1.82, 2.24) is 0 Å². The molecule has 0 spiro atoms. The molecule has 0 radical (unpaired) electrons. The Bertz CT molecular complexity index is 454. The zero-order valence-electron chi connectivity index (χ0n) is 8.26. The van der Waals surface area contributed by atoms with Gasteiger partial charge in [-0.15, -0.1) is 0 Å². The van der Waals surface area contributed by atoms with Crippen molar-refractivity contribution in [2.75, 3.05) is 11.0 Å². The van der Waals surface area contributed by atoms with E-state index in [1.165, 1.54) is 0 Å². The number of hydrogen-bond acceptors (Lipinski definition) is 2. The van der Waals surface area contributed by atoms with Gasteiger partial charge in [-0.05, 0) is 37.1 Å². The third-order valence-electron chi connectivity index (χ3n) is 2.02. The minimum atomic E-state index is -3.19. The minimum Gasteiger partial charge on any atom is -0.284 e. The zero-order valence-corrected chi connectivity index (χ0v) is 10.7. The molecule has 0 saturated carbocycles. The molecule has 0 aliphatic heterocycles. The highest BCUT2D eigenvalue weighted by Crippen LogP contribution is 2.26. The molecule has 0 amide bonds. The molecular weight excluding hydrogens is 266 g/mol. The predicted octanol–water partition coefficient (Wildman–Crippen LogP) is 2.44. The Labute approximate surface area is 92.7 Å². The van der Waals surface area contributed by atoms with Gasteiger partial charge in [0.15, 0.2) is 0 Å². The average molecular weight is 278 g/mol. The van der Waals surface area contributed by atoms with Gasteiger partial charge in [0.1, 0.15) is 0 Å². The topological polar surface area (TPSA) is 46.2 Å². The molecule has 78 valence electrons. The van der Waals surface area contributed by atoms with Crippen molar-refractivity contribution in [2.45, 2.75) is 13.8 Å². The van der Waals surface area contributed by atoms with Crippen LogP contribution in [0.15, 0.2) is 16.6 Å². The first-order valence-corrected chi connectivity index (χ1v) is 6.73. The monoisotopic (exact) mass is 277 g/mol. The van der Waals surface area contributed by atoms with Gasteiger partial charge in [-0.3, -0.25) is 4.72 Å². The van der Waals surface area contributed by atoms with Crippen molar-refractivity contribution in [3.8, 4) is 0 Å². The van der Waals surface area contributed by atoms with E-state index in [1.807, 2.05) is 19.9 Å². The Hall–Kier alpha value is -0.550. The maximum Gasteiger partial charge on any atom is 0.229 e. The van der Waals surface area contributed by atoms with Crippen molar-refractivity contribution in [1.29, 1.82) is 0 Å². The Morgan fingerprint density at radius 2 is 1.79 bits per heavy atom. The van der Waals surface area contributed by atoms with E-state index in [2.05, 4.69) is 20.7 Å². The second-order valence-electron chi connectivity index (χ2n) is 3.22. The Morgan fingerprint density at radius 3 is 2.29 bits per heavy atom. The van der Waals surface area contributed by atoms with Crippen molar-refractivity contribution in [2.24, 2.45) is 0 Å². The molecule has 1 rings (SSSR count). The molecule has 0 fully saturated rings. The number of sulfonamides is 1. The molecule has 0 bridgehead atoms. The first kappa shape index (κ1) is 11.5. The first-order valence-electron chi connectivity index (χ1n) is 4.05. The fraction of sp³-hybridized carbons (Fsp3) is 0.333. The van der Waals surface area contributed by atoms with E-state index in [1.54, 1.807) is 6.07 Å². The van der Waals surface area contributed by atoms with Gasteiger partial charge in [-0.1, -0.05) is 15.9 Å². The van der Waals surface area contributed by atoms with E-state index >= 15 is 0 Å². The van der Waals surface area contributed by atoms with E-state index < -0.39 is 10.0 Å². The van der Waals surface area contributed by atoms with Crippen molar-refractivity contribution < 1.29 is 8.42 Å². The third-order valence-corrected chi connectivity index (χ3v) is 3.47. The summed E-state index contributed by atoms with van der Waals surface area (Å²) >= 11 is 3.38. The molecule has 0 aliphatic carbocycles. The lowest BCUT2D eigenvalue weighted by atomic mass is 10.1. The van der Waals surface area contributed by atoms with Crippen molar-refractivity contribution in [3.05, 3.63) is 27.7 Å². The largest absolute Gasteiger partial charge is 0.284 e. The number of halogens is 1. The fourth-order valence-electron chi connectivity index (χ4n) is 1.10. The molecule has 5 heteroatoms. The average Bonchev–Trinajstić information content (AvgIpc) is 2.04. The van der Waals surface area contributed by atoms with Crippen LogP contribution >= 0.6 is 15.9 Å². The summed E-state index contributed by atoms with van der Waals surface area (Å²) in [7, 11) is -3.19. The van der Waals surface area contributed by atoms with Crippen LogP contribution in [0.3, 0.4) is 0 Å². The van der Waals surface area contributed by atoms with Crippen LogP contribution in [0, 0.1) is 13.8 Å². The number of hydrogen-bond donors (Lipinski definition) is 1. The highest BCUT2D eigenvalue weighted by atomic mass is 79.9. The second-order valence-corrected chi connectivity index (χ2v) is 5.82. The van der Waals surface area contributed by atoms with Crippen molar-refractivity contribution in [3.63, 3.8) is 0 Å². The van der Waals surface area contributed by atoms with Gasteiger partial charge < -0.3 is 0 Å². The van der Waals surface area contributed by atoms with E-state index in [0.717, 1.165) is 21.9 Å². The van der Waals surface area contributed by atoms with Gasteiger partial charge in [0.25, 0.3) is 0 Å². The summed E-state index contributed by atoms with van der Waals surface area (Å²) in [4.78, 5) is 0. The minimum absolute atomic E-state index is 0.633. The molecule has 0 aromatic heterocycles. The first-order chi connectivity index (χ1) is 6.31. The van der Waals surface area contributed by atoms with Crippen LogP contribution in [0.2, 0.25) is 0 Å². The molecule has 0 saturated heterocycles. The van der Waals surface area contributed by atoms with E-state index in [4.69, 9.17) is 0 Å². The molecule has 1 N–H and O–H groups in total. The van der Waals surface area contributed by atoms with E-state index in [9.17, 15) is 8.42 Å². The van der Waals surface area contributed by atoms with Gasteiger partial charge in [-0.2, -0.15) is 0 Å². The quantitative estimate of drug-likeness (QED) is 0.903. The van der Waals surface area contributed by atoms with E-state index in [-0.39, 0.29) is 0 Å². The predicted molar refractivity (Wildman–Crippen MR) is 62.1 cm³/mol. The van der Waals surface area contributed by atoms with E-state index in [0.29, 0.717) is 5.69 Å². The molecule has 3 nitrogen and oxygen atoms in total. The summed E-state index contributed by atoms with van der Waals surface area (Å²) in [6.07, 6.45) is 1.14. The second kappa shape index (κ2) is 3.90. The number of nitrogens with one attached hydrogen (secondary N) is 1. The lowest BCUT2D eigenvalue weighted by Crippen LogP contribution is -2.11. The van der Waals surface area contributed by atoms with Gasteiger partial charge >= 0.3 is 0 Å². The third kappa shape index (κ3) is 2.72. The van der Waals surface area contributed by atoms with Gasteiger partial charge in [0.2, 0.25) is 10.0 Å². The standard InChI is InChI=1S/C9H12BrNO2S/c1-6-7(2)9(5-4-8(6)10)11-14(3,12)13/h4-5,11H,1-3H3. The van der Waals surface area contributed by atoms with Crippen LogP contribution in [-0.4, -0.2) is 14.7 Å². The van der Waals surface area contributed by atoms with Crippen LogP contribution in [-0.2, 0) is 10.0 Å². The fourth-order valence-corrected chi connectivity index (χ4v) is 2.15. The molecule has 1 aromatic rings. The van der Waals surface area contributed by atoms with Gasteiger partial charge in [0.05, 0.1) is 11.9 Å². The number of rotatable bonds is 2. The normalized spacial score (nSPS) is 11.4. The molecule has 0 atom stereocenters. The maximum atomic E-state index is 11.0.